The van der Waals surface area contributed by atoms with Gasteiger partial charge in [0.15, 0.2) is 0 Å². The van der Waals surface area contributed by atoms with Gasteiger partial charge in [0.25, 0.3) is 0 Å². The summed E-state index contributed by atoms with van der Waals surface area (Å²) in [5.74, 6) is 0. The van der Waals surface area contributed by atoms with E-state index < -0.39 is 0 Å². The molecule has 0 aromatic heterocycles. The van der Waals surface area contributed by atoms with Gasteiger partial charge in [-0.2, -0.15) is 0 Å². The van der Waals surface area contributed by atoms with Crippen LogP contribution in [0, 0.1) is 0 Å². The maximum atomic E-state index is 4.94. The largest absolute Gasteiger partial charge is 0.0587 e. The quantitative estimate of drug-likeness (QED) is 0.528. The van der Waals surface area contributed by atoms with E-state index in [1.165, 1.54) is 0 Å². The summed E-state index contributed by atoms with van der Waals surface area (Å²) in [6.07, 6.45) is 0. The smallest absolute Gasteiger partial charge is 0.0180 e. The summed E-state index contributed by atoms with van der Waals surface area (Å²) in [5, 5.41) is 0. The van der Waals surface area contributed by atoms with E-state index in [4.69, 9.17) is 22.4 Å². The predicted molar refractivity (Wildman–Crippen MR) is 46.1 cm³/mol. The first kappa shape index (κ1) is 6.12. The molecule has 0 aliphatic carbocycles. The van der Waals surface area contributed by atoms with Crippen molar-refractivity contribution in [2.24, 2.45) is 0 Å². The summed E-state index contributed by atoms with van der Waals surface area (Å²) in [4.78, 5) is 0. The Morgan fingerprint density at radius 1 is 1.00 bits per heavy atom. The molecule has 0 amide bonds. The van der Waals surface area contributed by atoms with Crippen LogP contribution in [0.1, 0.15) is 0 Å². The molecule has 0 saturated carbocycles. The summed E-state index contributed by atoms with van der Waals surface area (Å²) < 4.78 is 0. The lowest BCUT2D eigenvalue weighted by atomic mass is 29.4. The lowest BCUT2D eigenvalue weighted by Crippen LogP contribution is -1.79. The minimum atomic E-state index is 0.375. The third-order valence-corrected chi connectivity index (χ3v) is 24.5. The second-order valence-corrected chi connectivity index (χ2v) is 19.0. The van der Waals surface area contributed by atoms with Crippen LogP contribution in [0.15, 0.2) is 0 Å². The minimum absolute atomic E-state index is 0.375. The maximum Gasteiger partial charge on any atom is 0.0180 e. The van der Waals surface area contributed by atoms with E-state index in [-0.39, 0.29) is 0 Å². The normalized spacial score (nSPS) is 52.7. The van der Waals surface area contributed by atoms with E-state index in [2.05, 4.69) is 0 Å². The Labute approximate surface area is 53.6 Å². The predicted octanol–water partition coefficient (Wildman–Crippen LogP) is 1.18. The average Bonchev–Trinajstić information content (AvgIpc) is 1.33. The Kier molecular flexibility index (Phi) is 2.57. The summed E-state index contributed by atoms with van der Waals surface area (Å²) in [5.41, 5.74) is 0. The van der Waals surface area contributed by atoms with E-state index in [1.54, 1.807) is 0 Å². The fourth-order valence-corrected chi connectivity index (χ4v) is 26.7. The summed E-state index contributed by atoms with van der Waals surface area (Å²) in [7, 11) is 0.750. The first-order valence-electron chi connectivity index (χ1n) is 1.15. The lowest BCUT2D eigenvalue weighted by Gasteiger charge is -2.14. The molecule has 36 valence electrons. The Bertz CT molecular complexity index is 82.1. The first-order valence-corrected chi connectivity index (χ1v) is 10.3. The highest BCUT2D eigenvalue weighted by atomic mass is 33.8. The summed E-state index contributed by atoms with van der Waals surface area (Å²) in [6, 6.07) is 0. The SMILES string of the molecule is S=S1PS(=S)P1. The molecule has 6 heteroatoms. The second kappa shape index (κ2) is 2.52. The monoisotopic (exact) mass is 192 g/mol. The van der Waals surface area contributed by atoms with E-state index in [0.29, 0.717) is 17.4 Å². The van der Waals surface area contributed by atoms with Crippen LogP contribution in [0.25, 0.3) is 0 Å². The molecule has 0 radical (unpaired) electrons. The molecule has 1 aliphatic heterocycles. The first-order chi connectivity index (χ1) is 2.79. The van der Waals surface area contributed by atoms with Crippen molar-refractivity contribution in [2.45, 2.75) is 0 Å². The molecule has 6 heavy (non-hydrogen) atoms. The van der Waals surface area contributed by atoms with Crippen molar-refractivity contribution in [3.8, 4) is 0 Å². The van der Waals surface area contributed by atoms with Gasteiger partial charge in [0, 0.05) is 14.0 Å². The molecule has 1 aliphatic rings. The van der Waals surface area contributed by atoms with Crippen molar-refractivity contribution in [1.29, 1.82) is 0 Å². The standard InChI is InChI=1S/H2P2S4/c3-5-1-6(4)2-5/h1-2H. The maximum absolute atomic E-state index is 4.94. The van der Waals surface area contributed by atoms with Gasteiger partial charge in [-0.1, -0.05) is 17.4 Å². The highest BCUT2D eigenvalue weighted by molar-refractivity contribution is 9.30. The molecule has 0 nitrogen and oxygen atoms in total. The van der Waals surface area contributed by atoms with E-state index in [1.807, 2.05) is 0 Å². The van der Waals surface area contributed by atoms with E-state index in [0.717, 1.165) is 14.0 Å². The van der Waals surface area contributed by atoms with Crippen LogP contribution in [-0.2, 0) is 39.8 Å². The van der Waals surface area contributed by atoms with Crippen LogP contribution < -0.4 is 0 Å². The Hall–Kier alpha value is 2.00. The van der Waals surface area contributed by atoms with Crippen molar-refractivity contribution in [1.82, 2.24) is 0 Å². The number of hydrogen-bond donors (Lipinski definition) is 0. The molecule has 0 bridgehead atoms. The number of rotatable bonds is 0. The Morgan fingerprint density at radius 2 is 1.33 bits per heavy atom. The highest BCUT2D eigenvalue weighted by Gasteiger charge is 2.10. The fraction of sp³-hybridized carbons (Fsp3) is 0. The van der Waals surface area contributed by atoms with Crippen molar-refractivity contribution in [2.75, 3.05) is 0 Å². The zero-order valence-corrected chi connectivity index (χ0v) is 7.90. The highest BCUT2D eigenvalue weighted by Crippen LogP contribution is 2.56. The van der Waals surface area contributed by atoms with E-state index in [9.17, 15) is 0 Å². The van der Waals surface area contributed by atoms with E-state index >= 15 is 0 Å². The van der Waals surface area contributed by atoms with Gasteiger partial charge in [0.1, 0.15) is 0 Å². The molecule has 0 unspecified atom stereocenters. The zero-order chi connectivity index (χ0) is 4.57. The molecule has 0 aromatic carbocycles. The Balaban J connectivity index is 2.47. The van der Waals surface area contributed by atoms with Gasteiger partial charge in [-0.3, -0.25) is 0 Å². The van der Waals surface area contributed by atoms with Gasteiger partial charge in [0.2, 0.25) is 0 Å². The van der Waals surface area contributed by atoms with Gasteiger partial charge < -0.3 is 0 Å². The van der Waals surface area contributed by atoms with Crippen molar-refractivity contribution < 1.29 is 0 Å². The third-order valence-electron chi connectivity index (χ3n) is 0.303. The summed E-state index contributed by atoms with van der Waals surface area (Å²) in [6.45, 7) is 1.93. The van der Waals surface area contributed by atoms with Crippen LogP contribution in [0.5, 0.6) is 0 Å². The van der Waals surface area contributed by atoms with Crippen LogP contribution in [0.2, 0.25) is 0 Å². The lowest BCUT2D eigenvalue weighted by molar-refractivity contribution is 5.03. The van der Waals surface area contributed by atoms with Crippen LogP contribution in [0.4, 0.5) is 0 Å². The van der Waals surface area contributed by atoms with Crippen molar-refractivity contribution in [3.63, 3.8) is 0 Å². The van der Waals surface area contributed by atoms with Crippen molar-refractivity contribution >= 4 is 53.7 Å². The van der Waals surface area contributed by atoms with Gasteiger partial charge in [-0.15, -0.1) is 0 Å². The molecular weight excluding hydrogens is 190 g/mol. The molecular formula is H2P2S4. The number of hydrogen-bond acceptors (Lipinski definition) is 2. The molecule has 1 fully saturated rings. The van der Waals surface area contributed by atoms with Crippen LogP contribution in [-0.4, -0.2) is 0 Å². The van der Waals surface area contributed by atoms with Crippen LogP contribution >= 0.6 is 14.0 Å². The summed E-state index contributed by atoms with van der Waals surface area (Å²) >= 11 is 9.87. The molecule has 0 N–H and O–H groups in total. The van der Waals surface area contributed by atoms with Gasteiger partial charge >= 0.3 is 0 Å². The van der Waals surface area contributed by atoms with Gasteiger partial charge in [0.05, 0.1) is 0 Å². The molecule has 0 atom stereocenters. The molecule has 1 rings (SSSR count). The third kappa shape index (κ3) is 1.50. The second-order valence-electron chi connectivity index (χ2n) is 0.704. The van der Waals surface area contributed by atoms with Crippen molar-refractivity contribution in [3.05, 3.63) is 0 Å². The fourth-order valence-electron chi connectivity index (χ4n) is 0.137. The van der Waals surface area contributed by atoms with Gasteiger partial charge in [-0.25, -0.2) is 0 Å². The molecule has 0 aromatic rings. The molecule has 0 spiro atoms. The Morgan fingerprint density at radius 3 is 1.33 bits per heavy atom. The van der Waals surface area contributed by atoms with Gasteiger partial charge in [-0.05, 0) is 22.4 Å². The van der Waals surface area contributed by atoms with Crippen LogP contribution in [0.3, 0.4) is 0 Å². The molecule has 1 heterocycles. The molecule has 1 saturated heterocycles. The minimum Gasteiger partial charge on any atom is -0.0587 e. The topological polar surface area (TPSA) is 0 Å². The zero-order valence-electron chi connectivity index (χ0n) is 2.63. The average molecular weight is 192 g/mol.